The Morgan fingerprint density at radius 1 is 1.60 bits per heavy atom. The second kappa shape index (κ2) is 5.56. The average molecular weight is 230 g/mol. The van der Waals surface area contributed by atoms with Crippen molar-refractivity contribution in [2.24, 2.45) is 0 Å². The molecule has 0 aromatic heterocycles. The zero-order valence-electron chi connectivity index (χ0n) is 8.07. The van der Waals surface area contributed by atoms with Gasteiger partial charge in [-0.3, -0.25) is 4.79 Å². The lowest BCUT2D eigenvalue weighted by atomic mass is 9.95. The van der Waals surface area contributed by atoms with E-state index in [-0.39, 0.29) is 11.9 Å². The minimum Gasteiger partial charge on any atom is -0.478 e. The minimum absolute atomic E-state index is 0.00784. The maximum absolute atomic E-state index is 11.1. The monoisotopic (exact) mass is 229 g/mol. The Hall–Kier alpha value is -1.29. The number of hydrogen-bond donors (Lipinski definition) is 2. The van der Waals surface area contributed by atoms with Gasteiger partial charge in [-0.05, 0) is 19.3 Å². The number of amides is 1. The molecule has 82 valence electrons. The normalized spacial score (nSPS) is 21.1. The molecular weight excluding hydrogens is 218 g/mol. The van der Waals surface area contributed by atoms with Crippen LogP contribution in [-0.4, -0.2) is 23.0 Å². The van der Waals surface area contributed by atoms with E-state index in [1.54, 1.807) is 6.08 Å². The van der Waals surface area contributed by atoms with Crippen molar-refractivity contribution in [3.05, 3.63) is 23.3 Å². The summed E-state index contributed by atoms with van der Waals surface area (Å²) in [4.78, 5) is 21.7. The van der Waals surface area contributed by atoms with Gasteiger partial charge in [-0.25, -0.2) is 4.79 Å². The number of hydrogen-bond acceptors (Lipinski definition) is 2. The average Bonchev–Trinajstić information content (AvgIpc) is 2.18. The van der Waals surface area contributed by atoms with E-state index in [0.717, 1.165) is 5.54 Å². The van der Waals surface area contributed by atoms with Gasteiger partial charge >= 0.3 is 5.97 Å². The van der Waals surface area contributed by atoms with Gasteiger partial charge in [0, 0.05) is 23.2 Å². The summed E-state index contributed by atoms with van der Waals surface area (Å²) < 4.78 is 0. The summed E-state index contributed by atoms with van der Waals surface area (Å²) in [5.74, 6) is -1.12. The molecule has 1 aliphatic carbocycles. The number of carboxylic acids is 1. The van der Waals surface area contributed by atoms with E-state index in [1.165, 1.54) is 6.08 Å². The van der Waals surface area contributed by atoms with Crippen molar-refractivity contribution in [3.8, 4) is 0 Å². The van der Waals surface area contributed by atoms with Crippen LogP contribution in [0.1, 0.15) is 19.3 Å². The van der Waals surface area contributed by atoms with Gasteiger partial charge in [0.2, 0.25) is 5.91 Å². The molecule has 0 aromatic carbocycles. The molecule has 1 atom stereocenters. The second-order valence-corrected chi connectivity index (χ2v) is 3.56. The molecule has 0 aromatic rings. The quantitative estimate of drug-likeness (QED) is 0.720. The van der Waals surface area contributed by atoms with E-state index in [9.17, 15) is 9.59 Å². The first-order valence-corrected chi connectivity index (χ1v) is 5.06. The third kappa shape index (κ3) is 3.75. The summed E-state index contributed by atoms with van der Waals surface area (Å²) in [6.07, 6.45) is 4.59. The summed E-state index contributed by atoms with van der Waals surface area (Å²) in [5, 5.41) is 11.4. The lowest BCUT2D eigenvalue weighted by Crippen LogP contribution is -2.35. The van der Waals surface area contributed by atoms with E-state index >= 15 is 0 Å². The molecule has 0 spiro atoms. The number of carboxylic acid groups (broad SMARTS) is 1. The summed E-state index contributed by atoms with van der Waals surface area (Å²) in [5.41, 5.74) is 1.57. The van der Waals surface area contributed by atoms with Crippen LogP contribution in [0.25, 0.3) is 0 Å². The molecule has 5 heteroatoms. The second-order valence-electron chi connectivity index (χ2n) is 3.31. The van der Waals surface area contributed by atoms with Gasteiger partial charge in [0.15, 0.2) is 0 Å². The van der Waals surface area contributed by atoms with Crippen LogP contribution >= 0.6 is 11.6 Å². The lowest BCUT2D eigenvalue weighted by molar-refractivity contribution is -0.132. The zero-order valence-corrected chi connectivity index (χ0v) is 8.83. The molecule has 0 fully saturated rings. The Balaban J connectivity index is 2.44. The third-order valence-electron chi connectivity index (χ3n) is 2.25. The van der Waals surface area contributed by atoms with E-state index in [2.05, 4.69) is 5.32 Å². The van der Waals surface area contributed by atoms with E-state index in [0.29, 0.717) is 24.8 Å². The Morgan fingerprint density at radius 2 is 2.33 bits per heavy atom. The Bertz CT molecular complexity index is 323. The largest absolute Gasteiger partial charge is 0.478 e. The van der Waals surface area contributed by atoms with Crippen LogP contribution in [0.3, 0.4) is 0 Å². The van der Waals surface area contributed by atoms with Crippen molar-refractivity contribution in [3.63, 3.8) is 0 Å². The maximum Gasteiger partial charge on any atom is 0.331 e. The SMILES string of the molecule is O=C(/C=C/Cl)NC1CC=C(C(=O)O)CC1. The first-order valence-electron chi connectivity index (χ1n) is 4.63. The smallest absolute Gasteiger partial charge is 0.331 e. The maximum atomic E-state index is 11.1. The van der Waals surface area contributed by atoms with Gasteiger partial charge in [-0.15, -0.1) is 0 Å². The third-order valence-corrected chi connectivity index (χ3v) is 2.37. The van der Waals surface area contributed by atoms with Crippen LogP contribution in [-0.2, 0) is 9.59 Å². The highest BCUT2D eigenvalue weighted by Crippen LogP contribution is 2.18. The lowest BCUT2D eigenvalue weighted by Gasteiger charge is -2.20. The van der Waals surface area contributed by atoms with E-state index in [4.69, 9.17) is 16.7 Å². The molecule has 15 heavy (non-hydrogen) atoms. The van der Waals surface area contributed by atoms with Gasteiger partial charge in [-0.2, -0.15) is 0 Å². The van der Waals surface area contributed by atoms with Crippen LogP contribution in [0, 0.1) is 0 Å². The molecule has 1 aliphatic rings. The van der Waals surface area contributed by atoms with Gasteiger partial charge in [0.1, 0.15) is 0 Å². The van der Waals surface area contributed by atoms with Crippen LogP contribution in [0.5, 0.6) is 0 Å². The van der Waals surface area contributed by atoms with Crippen molar-refractivity contribution in [1.29, 1.82) is 0 Å². The number of halogens is 1. The molecule has 0 radical (unpaired) electrons. The topological polar surface area (TPSA) is 66.4 Å². The van der Waals surface area contributed by atoms with Crippen LogP contribution in [0.15, 0.2) is 23.3 Å². The van der Waals surface area contributed by atoms with Gasteiger partial charge in [0.05, 0.1) is 0 Å². The fourth-order valence-electron chi connectivity index (χ4n) is 1.47. The first-order chi connectivity index (χ1) is 7.13. The molecule has 0 heterocycles. The Morgan fingerprint density at radius 3 is 2.80 bits per heavy atom. The van der Waals surface area contributed by atoms with Gasteiger partial charge in [0.25, 0.3) is 0 Å². The highest BCUT2D eigenvalue weighted by Gasteiger charge is 2.18. The number of carbonyl (C=O) groups is 2. The molecule has 1 unspecified atom stereocenters. The molecular formula is C10H12ClNO3. The number of rotatable bonds is 3. The van der Waals surface area contributed by atoms with Crippen LogP contribution in [0.2, 0.25) is 0 Å². The van der Waals surface area contributed by atoms with Gasteiger partial charge < -0.3 is 10.4 Å². The fraction of sp³-hybridized carbons (Fsp3) is 0.400. The van der Waals surface area contributed by atoms with E-state index < -0.39 is 5.97 Å². The predicted molar refractivity (Wildman–Crippen MR) is 56.5 cm³/mol. The van der Waals surface area contributed by atoms with Crippen molar-refractivity contribution in [2.45, 2.75) is 25.3 Å². The van der Waals surface area contributed by atoms with E-state index in [1.807, 2.05) is 0 Å². The molecule has 1 rings (SSSR count). The predicted octanol–water partition coefficient (Wildman–Crippen LogP) is 1.42. The highest BCUT2D eigenvalue weighted by atomic mass is 35.5. The minimum atomic E-state index is -0.875. The van der Waals surface area contributed by atoms with Crippen molar-refractivity contribution >= 4 is 23.5 Å². The molecule has 0 aliphatic heterocycles. The summed E-state index contributed by atoms with van der Waals surface area (Å²) >= 11 is 5.25. The number of aliphatic carboxylic acids is 1. The Labute approximate surface area is 92.6 Å². The van der Waals surface area contributed by atoms with Crippen molar-refractivity contribution in [1.82, 2.24) is 5.32 Å². The molecule has 0 saturated heterocycles. The standard InChI is InChI=1S/C10H12ClNO3/c11-6-5-9(13)12-8-3-1-7(2-4-8)10(14)15/h1,5-6,8H,2-4H2,(H,12,13)(H,14,15)/b6-5+. The van der Waals surface area contributed by atoms with Gasteiger partial charge in [-0.1, -0.05) is 17.7 Å². The van der Waals surface area contributed by atoms with Crippen molar-refractivity contribution < 1.29 is 14.7 Å². The zero-order chi connectivity index (χ0) is 11.3. The molecule has 2 N–H and O–H groups in total. The molecule has 0 bridgehead atoms. The Kier molecular flexibility index (Phi) is 4.37. The molecule has 0 saturated carbocycles. The van der Waals surface area contributed by atoms with Crippen LogP contribution < -0.4 is 5.32 Å². The number of carbonyl (C=O) groups excluding carboxylic acids is 1. The summed E-state index contributed by atoms with van der Waals surface area (Å²) in [6.45, 7) is 0. The fourth-order valence-corrected chi connectivity index (χ4v) is 1.58. The number of nitrogens with one attached hydrogen (secondary N) is 1. The first kappa shape index (κ1) is 11.8. The molecule has 1 amide bonds. The van der Waals surface area contributed by atoms with Crippen LogP contribution in [0.4, 0.5) is 0 Å². The summed E-state index contributed by atoms with van der Waals surface area (Å²) in [7, 11) is 0. The molecule has 4 nitrogen and oxygen atoms in total. The summed E-state index contributed by atoms with van der Waals surface area (Å²) in [6, 6.07) is 0.00784. The highest BCUT2D eigenvalue weighted by molar-refractivity contribution is 6.26. The van der Waals surface area contributed by atoms with Crippen molar-refractivity contribution in [2.75, 3.05) is 0 Å².